The minimum absolute atomic E-state index is 0.0184. The van der Waals surface area contributed by atoms with Crippen LogP contribution < -0.4 is 29.7 Å². The first-order chi connectivity index (χ1) is 19.8. The predicted molar refractivity (Wildman–Crippen MR) is 139 cm³/mol. The van der Waals surface area contributed by atoms with E-state index in [1.807, 2.05) is 0 Å². The number of methoxy groups -OCH3 is 4. The summed E-state index contributed by atoms with van der Waals surface area (Å²) in [5, 5.41) is 33.1. The van der Waals surface area contributed by atoms with Gasteiger partial charge in [0, 0.05) is 17.7 Å². The number of aliphatic hydroxyl groups is 3. The van der Waals surface area contributed by atoms with Gasteiger partial charge in [0.05, 0.1) is 34.0 Å². The molecular formula is C27H28F3NO11. The Morgan fingerprint density at radius 2 is 1.57 bits per heavy atom. The lowest BCUT2D eigenvalue weighted by Gasteiger charge is -2.40. The highest BCUT2D eigenvalue weighted by atomic mass is 19.4. The van der Waals surface area contributed by atoms with Crippen molar-refractivity contribution in [2.75, 3.05) is 35.0 Å². The Bertz CT molecular complexity index is 1520. The zero-order valence-corrected chi connectivity index (χ0v) is 22.7. The molecule has 4 rings (SSSR count). The summed E-state index contributed by atoms with van der Waals surface area (Å²) in [5.74, 6) is -0.747. The second-order valence-corrected chi connectivity index (χ2v) is 9.23. The summed E-state index contributed by atoms with van der Waals surface area (Å²) in [7, 11) is 5.33. The number of aliphatic hydroxyl groups excluding tert-OH is 3. The van der Waals surface area contributed by atoms with Gasteiger partial charge in [-0.3, -0.25) is 9.59 Å². The van der Waals surface area contributed by atoms with Crippen LogP contribution in [0.25, 0.3) is 22.3 Å². The lowest BCUT2D eigenvalue weighted by atomic mass is 9.89. The summed E-state index contributed by atoms with van der Waals surface area (Å²) in [6, 6.07) is 7.30. The van der Waals surface area contributed by atoms with Crippen LogP contribution in [0.15, 0.2) is 39.5 Å². The van der Waals surface area contributed by atoms with Crippen LogP contribution in [0.5, 0.6) is 23.0 Å². The maximum atomic E-state index is 13.4. The van der Waals surface area contributed by atoms with Crippen LogP contribution in [0.1, 0.15) is 11.7 Å². The summed E-state index contributed by atoms with van der Waals surface area (Å²) >= 11 is 0. The van der Waals surface area contributed by atoms with Gasteiger partial charge in [0.15, 0.2) is 23.0 Å². The summed E-state index contributed by atoms with van der Waals surface area (Å²) in [5.41, 5.74) is -0.322. The van der Waals surface area contributed by atoms with E-state index in [9.17, 15) is 38.1 Å². The molecule has 0 saturated carbocycles. The van der Waals surface area contributed by atoms with Gasteiger partial charge in [-0.1, -0.05) is 0 Å². The predicted octanol–water partition coefficient (Wildman–Crippen LogP) is 1.70. The van der Waals surface area contributed by atoms with Gasteiger partial charge in [-0.2, -0.15) is 13.2 Å². The number of hydrogen-bond donors (Lipinski definition) is 4. The Morgan fingerprint density at radius 3 is 2.17 bits per heavy atom. The van der Waals surface area contributed by atoms with Crippen molar-refractivity contribution in [2.24, 2.45) is 0 Å². The van der Waals surface area contributed by atoms with Crippen LogP contribution in [-0.2, 0) is 9.53 Å². The summed E-state index contributed by atoms with van der Waals surface area (Å²) in [6.07, 6.45) is -14.6. The van der Waals surface area contributed by atoms with E-state index < -0.39 is 54.6 Å². The van der Waals surface area contributed by atoms with Gasteiger partial charge < -0.3 is 48.7 Å². The van der Waals surface area contributed by atoms with Crippen LogP contribution in [0.2, 0.25) is 0 Å². The Morgan fingerprint density at radius 1 is 0.905 bits per heavy atom. The Hall–Kier alpha value is -4.05. The molecule has 2 aromatic carbocycles. The molecule has 228 valence electrons. The molecule has 4 N–H and O–H groups in total. The summed E-state index contributed by atoms with van der Waals surface area (Å²) < 4.78 is 71.0. The van der Waals surface area contributed by atoms with Crippen molar-refractivity contribution < 1.29 is 61.4 Å². The van der Waals surface area contributed by atoms with Crippen LogP contribution in [0.4, 0.5) is 13.2 Å². The fourth-order valence-electron chi connectivity index (χ4n) is 4.69. The van der Waals surface area contributed by atoms with E-state index in [4.69, 9.17) is 28.1 Å². The van der Waals surface area contributed by atoms with E-state index in [0.717, 1.165) is 0 Å². The van der Waals surface area contributed by atoms with Crippen molar-refractivity contribution in [3.63, 3.8) is 0 Å². The fraction of sp³-hybridized carbons (Fsp3) is 0.407. The molecule has 5 unspecified atom stereocenters. The maximum absolute atomic E-state index is 13.4. The average Bonchev–Trinajstić information content (AvgIpc) is 2.97. The van der Waals surface area contributed by atoms with Crippen molar-refractivity contribution in [1.29, 1.82) is 0 Å². The second-order valence-electron chi connectivity index (χ2n) is 9.23. The fourth-order valence-corrected chi connectivity index (χ4v) is 4.69. The van der Waals surface area contributed by atoms with Gasteiger partial charge in [0.2, 0.25) is 0 Å². The smallest absolute Gasteiger partial charge is 0.405 e. The molecule has 1 aliphatic heterocycles. The number of hydrogen-bond acceptors (Lipinski definition) is 11. The number of benzene rings is 2. The molecule has 1 saturated heterocycles. The van der Waals surface area contributed by atoms with E-state index in [1.54, 1.807) is 23.5 Å². The quantitative estimate of drug-likeness (QED) is 0.298. The molecule has 5 atom stereocenters. The number of nitrogens with one attached hydrogen (secondary N) is 1. The molecule has 0 aliphatic carbocycles. The number of carbonyl (C=O) groups is 1. The third-order valence-corrected chi connectivity index (χ3v) is 6.69. The van der Waals surface area contributed by atoms with Gasteiger partial charge in [-0.25, -0.2) is 0 Å². The topological polar surface area (TPSA) is 166 Å². The summed E-state index contributed by atoms with van der Waals surface area (Å²) in [6.45, 7) is -1.73. The average molecular weight is 600 g/mol. The molecule has 3 aromatic rings. The van der Waals surface area contributed by atoms with E-state index in [2.05, 4.69) is 0 Å². The number of ether oxygens (including phenoxy) is 5. The van der Waals surface area contributed by atoms with Crippen molar-refractivity contribution in [3.05, 3.63) is 46.1 Å². The molecule has 2 heterocycles. The molecule has 1 aromatic heterocycles. The lowest BCUT2D eigenvalue weighted by Crippen LogP contribution is -2.59. The lowest BCUT2D eigenvalue weighted by molar-refractivity contribution is -0.224. The number of alkyl halides is 3. The first kappa shape index (κ1) is 30.9. The first-order valence-corrected chi connectivity index (χ1v) is 12.3. The molecule has 0 spiro atoms. The minimum Gasteiger partial charge on any atom is -0.496 e. The van der Waals surface area contributed by atoms with E-state index in [0.29, 0.717) is 17.1 Å². The number of carbonyl (C=O) groups excluding carboxylic acids is 1. The van der Waals surface area contributed by atoms with Crippen LogP contribution >= 0.6 is 0 Å². The number of halogens is 3. The van der Waals surface area contributed by atoms with E-state index >= 15 is 0 Å². The molecule has 42 heavy (non-hydrogen) atoms. The SMILES string of the molecule is COc1ccc(-c2cc(=O)c3c(OC)c(C4OC(C(=O)NCC(F)(F)F)C(O)C(O)C4O)c(OC)cc3o2)cc1OC. The number of amides is 1. The zero-order chi connectivity index (χ0) is 30.9. The van der Waals surface area contributed by atoms with Crippen molar-refractivity contribution >= 4 is 16.9 Å². The highest BCUT2D eigenvalue weighted by Gasteiger charge is 2.49. The van der Waals surface area contributed by atoms with Gasteiger partial charge in [-0.05, 0) is 18.2 Å². The van der Waals surface area contributed by atoms with Gasteiger partial charge in [0.25, 0.3) is 5.91 Å². The van der Waals surface area contributed by atoms with Crippen LogP contribution in [-0.4, -0.2) is 86.8 Å². The zero-order valence-electron chi connectivity index (χ0n) is 22.7. The Balaban J connectivity index is 1.83. The molecule has 1 fully saturated rings. The Labute approximate surface area is 236 Å². The molecule has 12 nitrogen and oxygen atoms in total. The summed E-state index contributed by atoms with van der Waals surface area (Å²) in [4.78, 5) is 25.9. The highest BCUT2D eigenvalue weighted by Crippen LogP contribution is 2.46. The largest absolute Gasteiger partial charge is 0.496 e. The van der Waals surface area contributed by atoms with E-state index in [-0.39, 0.29) is 33.8 Å². The molecule has 1 aliphatic rings. The molecule has 0 bridgehead atoms. The molecule has 1 amide bonds. The van der Waals surface area contributed by atoms with Crippen molar-refractivity contribution in [2.45, 2.75) is 36.7 Å². The highest BCUT2D eigenvalue weighted by molar-refractivity contribution is 5.89. The maximum Gasteiger partial charge on any atom is 0.405 e. The first-order valence-electron chi connectivity index (χ1n) is 12.3. The Kier molecular flexibility index (Phi) is 8.87. The number of fused-ring (bicyclic) bond motifs is 1. The van der Waals surface area contributed by atoms with Crippen LogP contribution in [0, 0.1) is 0 Å². The molecule has 0 radical (unpaired) electrons. The van der Waals surface area contributed by atoms with Gasteiger partial charge >= 0.3 is 6.18 Å². The van der Waals surface area contributed by atoms with E-state index in [1.165, 1.54) is 40.6 Å². The normalized spacial score (nSPS) is 22.5. The number of rotatable bonds is 8. The molecule has 15 heteroatoms. The second kappa shape index (κ2) is 12.1. The van der Waals surface area contributed by atoms with Gasteiger partial charge in [0.1, 0.15) is 59.2 Å². The third-order valence-electron chi connectivity index (χ3n) is 6.69. The van der Waals surface area contributed by atoms with Gasteiger partial charge in [-0.15, -0.1) is 0 Å². The minimum atomic E-state index is -4.76. The molecular weight excluding hydrogens is 571 g/mol. The van der Waals surface area contributed by atoms with Crippen LogP contribution in [0.3, 0.4) is 0 Å². The van der Waals surface area contributed by atoms with Crippen molar-refractivity contribution in [3.8, 4) is 34.3 Å². The third kappa shape index (κ3) is 5.81. The van der Waals surface area contributed by atoms with Crippen molar-refractivity contribution in [1.82, 2.24) is 5.32 Å². The standard InChI is InChI=1S/C27H28F3NO11/c1-37-13-6-5-11(7-15(13)38-2)14-8-12(32)18-17(41-14)9-16(39-3)19(23(18)40-4)24-21(34)20(33)22(35)25(42-24)26(36)31-10-27(28,29)30/h5-9,20-22,24-25,33-35H,10H2,1-4H3,(H,31,36). The monoisotopic (exact) mass is 599 g/mol.